The fourth-order valence-corrected chi connectivity index (χ4v) is 2.12. The molecular weight excluding hydrogens is 243 g/mol. The molecule has 0 aromatic heterocycles. The lowest BCUT2D eigenvalue weighted by Gasteiger charge is -2.22. The summed E-state index contributed by atoms with van der Waals surface area (Å²) < 4.78 is 12.8. The van der Waals surface area contributed by atoms with Crippen LogP contribution < -0.4 is 10.6 Å². The number of carbonyl (C=O) groups is 1. The lowest BCUT2D eigenvalue weighted by molar-refractivity contribution is -0.120. The van der Waals surface area contributed by atoms with Crippen molar-refractivity contribution in [3.8, 4) is 0 Å². The van der Waals surface area contributed by atoms with Gasteiger partial charge in [-0.2, -0.15) is 0 Å². The predicted molar refractivity (Wildman–Crippen MR) is 65.6 cm³/mol. The quantitative estimate of drug-likeness (QED) is 0.853. The summed E-state index contributed by atoms with van der Waals surface area (Å²) in [6.07, 6.45) is 1.65. The monoisotopic (exact) mass is 256 g/mol. The Morgan fingerprint density at radius 1 is 1.41 bits per heavy atom. The van der Waals surface area contributed by atoms with Gasteiger partial charge in [0.2, 0.25) is 5.91 Å². The minimum atomic E-state index is -0.408. The molecule has 0 saturated carbocycles. The van der Waals surface area contributed by atoms with Gasteiger partial charge in [-0.15, -0.1) is 0 Å². The van der Waals surface area contributed by atoms with Crippen LogP contribution in [-0.2, 0) is 4.79 Å². The molecule has 0 atom stereocenters. The zero-order valence-electron chi connectivity index (χ0n) is 9.30. The predicted octanol–water partition coefficient (Wildman–Crippen LogP) is 2.42. The highest BCUT2D eigenvalue weighted by atomic mass is 35.5. The molecule has 0 radical (unpaired) electrons. The maximum absolute atomic E-state index is 12.8. The van der Waals surface area contributed by atoms with E-state index in [0.717, 1.165) is 25.9 Å². The minimum Gasteiger partial charge on any atom is -0.325 e. The number of nitrogens with one attached hydrogen (secondary N) is 2. The van der Waals surface area contributed by atoms with Crippen LogP contribution in [0.15, 0.2) is 18.2 Å². The summed E-state index contributed by atoms with van der Waals surface area (Å²) in [4.78, 5) is 11.9. The first-order chi connectivity index (χ1) is 8.16. The first-order valence-electron chi connectivity index (χ1n) is 5.63. The summed E-state index contributed by atoms with van der Waals surface area (Å²) in [5.41, 5.74) is 0.469. The summed E-state index contributed by atoms with van der Waals surface area (Å²) in [7, 11) is 0. The van der Waals surface area contributed by atoms with Gasteiger partial charge < -0.3 is 10.6 Å². The highest BCUT2D eigenvalue weighted by molar-refractivity contribution is 6.33. The van der Waals surface area contributed by atoms with Crippen LogP contribution in [0.4, 0.5) is 10.1 Å². The van der Waals surface area contributed by atoms with E-state index in [2.05, 4.69) is 10.6 Å². The van der Waals surface area contributed by atoms with E-state index in [1.807, 2.05) is 0 Å². The van der Waals surface area contributed by atoms with Gasteiger partial charge in [0.25, 0.3) is 0 Å². The third-order valence-corrected chi connectivity index (χ3v) is 3.21. The van der Waals surface area contributed by atoms with Crippen LogP contribution in [-0.4, -0.2) is 19.0 Å². The SMILES string of the molecule is O=C(Nc1ccc(F)cc1Cl)C1CCNCC1. The summed E-state index contributed by atoms with van der Waals surface area (Å²) in [5, 5.41) is 6.17. The molecule has 3 nitrogen and oxygen atoms in total. The molecule has 92 valence electrons. The lowest BCUT2D eigenvalue weighted by atomic mass is 9.97. The van der Waals surface area contributed by atoms with Crippen molar-refractivity contribution in [1.29, 1.82) is 0 Å². The van der Waals surface area contributed by atoms with Gasteiger partial charge in [0.15, 0.2) is 0 Å². The fraction of sp³-hybridized carbons (Fsp3) is 0.417. The van der Waals surface area contributed by atoms with E-state index in [1.165, 1.54) is 18.2 Å². The molecule has 0 spiro atoms. The summed E-state index contributed by atoms with van der Waals surface area (Å²) in [5.74, 6) is -0.438. The molecule has 1 aromatic rings. The minimum absolute atomic E-state index is 0.0115. The molecule has 1 fully saturated rings. The van der Waals surface area contributed by atoms with Crippen LogP contribution in [0.3, 0.4) is 0 Å². The highest BCUT2D eigenvalue weighted by Gasteiger charge is 2.21. The van der Waals surface area contributed by atoms with E-state index < -0.39 is 5.82 Å². The van der Waals surface area contributed by atoms with E-state index in [4.69, 9.17) is 11.6 Å². The number of benzene rings is 1. The molecule has 1 aromatic carbocycles. The van der Waals surface area contributed by atoms with Crippen LogP contribution in [0.25, 0.3) is 0 Å². The number of amides is 1. The molecule has 1 amide bonds. The third kappa shape index (κ3) is 3.17. The normalized spacial score (nSPS) is 16.8. The van der Waals surface area contributed by atoms with Gasteiger partial charge in [-0.3, -0.25) is 4.79 Å². The van der Waals surface area contributed by atoms with Crippen molar-refractivity contribution in [3.63, 3.8) is 0 Å². The van der Waals surface area contributed by atoms with Gasteiger partial charge in [0.05, 0.1) is 10.7 Å². The van der Waals surface area contributed by atoms with Crippen LogP contribution in [0.5, 0.6) is 0 Å². The van der Waals surface area contributed by atoms with Crippen molar-refractivity contribution < 1.29 is 9.18 Å². The highest BCUT2D eigenvalue weighted by Crippen LogP contribution is 2.24. The fourth-order valence-electron chi connectivity index (χ4n) is 1.91. The zero-order chi connectivity index (χ0) is 12.3. The molecule has 5 heteroatoms. The maximum Gasteiger partial charge on any atom is 0.227 e. The van der Waals surface area contributed by atoms with Gasteiger partial charge in [0, 0.05) is 5.92 Å². The number of halogens is 2. The Hall–Kier alpha value is -1.13. The molecule has 0 aliphatic carbocycles. The molecule has 1 heterocycles. The van der Waals surface area contributed by atoms with Crippen molar-refractivity contribution in [1.82, 2.24) is 5.32 Å². The van der Waals surface area contributed by atoms with Gasteiger partial charge in [-0.1, -0.05) is 11.6 Å². The first-order valence-corrected chi connectivity index (χ1v) is 6.01. The molecule has 0 bridgehead atoms. The molecule has 1 aliphatic heterocycles. The first kappa shape index (κ1) is 12.3. The Kier molecular flexibility index (Phi) is 3.97. The number of hydrogen-bond acceptors (Lipinski definition) is 2. The largest absolute Gasteiger partial charge is 0.325 e. The van der Waals surface area contributed by atoms with Crippen LogP contribution in [0.2, 0.25) is 5.02 Å². The molecular formula is C12H14ClFN2O. The Morgan fingerprint density at radius 3 is 2.76 bits per heavy atom. The van der Waals surface area contributed by atoms with E-state index in [1.54, 1.807) is 0 Å². The Labute approximate surface area is 104 Å². The number of anilines is 1. The average molecular weight is 257 g/mol. The summed E-state index contributed by atoms with van der Waals surface area (Å²) in [6.45, 7) is 1.71. The van der Waals surface area contributed by atoms with Gasteiger partial charge in [-0.05, 0) is 44.1 Å². The number of piperidine rings is 1. The number of carbonyl (C=O) groups excluding carboxylic acids is 1. The van der Waals surface area contributed by atoms with Crippen LogP contribution >= 0.6 is 11.6 Å². The topological polar surface area (TPSA) is 41.1 Å². The number of rotatable bonds is 2. The summed E-state index contributed by atoms with van der Waals surface area (Å²) in [6, 6.07) is 3.96. The van der Waals surface area contributed by atoms with Crippen LogP contribution in [0, 0.1) is 11.7 Å². The van der Waals surface area contributed by atoms with Crippen molar-refractivity contribution in [2.45, 2.75) is 12.8 Å². The standard InChI is InChI=1S/C12H14ClFN2O/c13-10-7-9(14)1-2-11(10)16-12(17)8-3-5-15-6-4-8/h1-2,7-8,15H,3-6H2,(H,16,17). The second-order valence-corrected chi connectivity index (χ2v) is 4.54. The van der Waals surface area contributed by atoms with E-state index in [9.17, 15) is 9.18 Å². The Bertz CT molecular complexity index is 419. The molecule has 1 aliphatic rings. The summed E-state index contributed by atoms with van der Waals surface area (Å²) >= 11 is 5.85. The van der Waals surface area contributed by atoms with Gasteiger partial charge in [-0.25, -0.2) is 4.39 Å². The van der Waals surface area contributed by atoms with E-state index in [0.29, 0.717) is 5.69 Å². The average Bonchev–Trinajstić information content (AvgIpc) is 2.34. The molecule has 2 rings (SSSR count). The van der Waals surface area contributed by atoms with Crippen molar-refractivity contribution >= 4 is 23.2 Å². The van der Waals surface area contributed by atoms with Crippen molar-refractivity contribution in [2.75, 3.05) is 18.4 Å². The maximum atomic E-state index is 12.8. The van der Waals surface area contributed by atoms with Crippen molar-refractivity contribution in [3.05, 3.63) is 29.0 Å². The lowest BCUT2D eigenvalue weighted by Crippen LogP contribution is -2.34. The molecule has 0 unspecified atom stereocenters. The Balaban J connectivity index is 2.02. The Morgan fingerprint density at radius 2 is 2.12 bits per heavy atom. The van der Waals surface area contributed by atoms with Crippen molar-refractivity contribution in [2.24, 2.45) is 5.92 Å². The van der Waals surface area contributed by atoms with Gasteiger partial charge in [0.1, 0.15) is 5.82 Å². The number of hydrogen-bond donors (Lipinski definition) is 2. The second-order valence-electron chi connectivity index (χ2n) is 4.14. The van der Waals surface area contributed by atoms with Gasteiger partial charge >= 0.3 is 0 Å². The molecule has 2 N–H and O–H groups in total. The third-order valence-electron chi connectivity index (χ3n) is 2.90. The molecule has 1 saturated heterocycles. The second kappa shape index (κ2) is 5.47. The smallest absolute Gasteiger partial charge is 0.227 e. The van der Waals surface area contributed by atoms with E-state index >= 15 is 0 Å². The molecule has 17 heavy (non-hydrogen) atoms. The van der Waals surface area contributed by atoms with Crippen LogP contribution in [0.1, 0.15) is 12.8 Å². The van der Waals surface area contributed by atoms with E-state index in [-0.39, 0.29) is 16.8 Å². The zero-order valence-corrected chi connectivity index (χ0v) is 10.1.